The molecule has 0 saturated heterocycles. The minimum atomic E-state index is -0.285. The van der Waals surface area contributed by atoms with Gasteiger partial charge in [-0.1, -0.05) is 20.8 Å². The van der Waals surface area contributed by atoms with Gasteiger partial charge in [-0.25, -0.2) is 9.37 Å². The molecule has 0 bridgehead atoms. The maximum absolute atomic E-state index is 13.4. The van der Waals surface area contributed by atoms with Gasteiger partial charge in [-0.2, -0.15) is 11.8 Å². The lowest BCUT2D eigenvalue weighted by atomic mass is 9.89. The quantitative estimate of drug-likeness (QED) is 0.760. The Bertz CT molecular complexity index is 360. The highest BCUT2D eigenvalue weighted by atomic mass is 79.9. The molecule has 0 amide bonds. The molecule has 0 unspecified atom stereocenters. The standard InChI is InChI=1S/C11H15BrFNS/c1-11(2,3)9-7(6-15-4)5-8(13)10(12)14-9/h5H,6H2,1-4H3. The van der Waals surface area contributed by atoms with E-state index in [1.807, 2.05) is 6.26 Å². The zero-order valence-electron chi connectivity index (χ0n) is 9.40. The molecule has 0 spiro atoms. The van der Waals surface area contributed by atoms with E-state index in [1.165, 1.54) is 0 Å². The number of pyridine rings is 1. The van der Waals surface area contributed by atoms with E-state index in [-0.39, 0.29) is 11.2 Å². The summed E-state index contributed by atoms with van der Waals surface area (Å²) in [7, 11) is 0. The van der Waals surface area contributed by atoms with Crippen LogP contribution in [0.25, 0.3) is 0 Å². The normalized spacial score (nSPS) is 11.9. The Morgan fingerprint density at radius 3 is 2.53 bits per heavy atom. The second-order valence-electron chi connectivity index (χ2n) is 4.45. The van der Waals surface area contributed by atoms with Gasteiger partial charge in [-0.15, -0.1) is 0 Å². The molecule has 1 aromatic heterocycles. The van der Waals surface area contributed by atoms with Gasteiger partial charge in [0.05, 0.1) is 5.69 Å². The molecule has 0 aliphatic rings. The summed E-state index contributed by atoms with van der Waals surface area (Å²) in [5.41, 5.74) is 1.89. The number of aromatic nitrogens is 1. The lowest BCUT2D eigenvalue weighted by Crippen LogP contribution is -2.17. The summed E-state index contributed by atoms with van der Waals surface area (Å²) >= 11 is 4.81. The van der Waals surface area contributed by atoms with Gasteiger partial charge in [0.15, 0.2) is 5.82 Å². The predicted octanol–water partition coefficient (Wildman–Crippen LogP) is 4.14. The zero-order valence-corrected chi connectivity index (χ0v) is 11.8. The topological polar surface area (TPSA) is 12.9 Å². The van der Waals surface area contributed by atoms with Gasteiger partial charge in [-0.05, 0) is 33.8 Å². The van der Waals surface area contributed by atoms with E-state index in [9.17, 15) is 4.39 Å². The molecule has 1 aromatic rings. The third kappa shape index (κ3) is 3.18. The van der Waals surface area contributed by atoms with Crippen LogP contribution < -0.4 is 0 Å². The molecule has 1 heterocycles. The summed E-state index contributed by atoms with van der Waals surface area (Å²) in [5, 5.41) is 0. The Morgan fingerprint density at radius 1 is 1.47 bits per heavy atom. The van der Waals surface area contributed by atoms with Crippen LogP contribution in [-0.4, -0.2) is 11.2 Å². The highest BCUT2D eigenvalue weighted by Crippen LogP contribution is 2.29. The lowest BCUT2D eigenvalue weighted by molar-refractivity contribution is 0.547. The first-order valence-electron chi connectivity index (χ1n) is 4.70. The number of rotatable bonds is 2. The third-order valence-electron chi connectivity index (χ3n) is 2.02. The van der Waals surface area contributed by atoms with Crippen LogP contribution in [-0.2, 0) is 11.2 Å². The number of hydrogen-bond donors (Lipinski definition) is 0. The summed E-state index contributed by atoms with van der Waals surface area (Å²) < 4.78 is 13.7. The molecule has 15 heavy (non-hydrogen) atoms. The van der Waals surface area contributed by atoms with Crippen LogP contribution in [0.3, 0.4) is 0 Å². The summed E-state index contributed by atoms with van der Waals surface area (Å²) in [4.78, 5) is 4.29. The fraction of sp³-hybridized carbons (Fsp3) is 0.545. The van der Waals surface area contributed by atoms with Crippen molar-refractivity contribution in [2.75, 3.05) is 6.26 Å². The molecule has 0 saturated carbocycles. The Balaban J connectivity index is 3.28. The van der Waals surface area contributed by atoms with Crippen molar-refractivity contribution >= 4 is 27.7 Å². The molecule has 0 fully saturated rings. The molecule has 1 nitrogen and oxygen atoms in total. The molecule has 0 N–H and O–H groups in total. The van der Waals surface area contributed by atoms with Gasteiger partial charge in [0, 0.05) is 11.2 Å². The van der Waals surface area contributed by atoms with Crippen molar-refractivity contribution in [1.82, 2.24) is 4.98 Å². The summed E-state index contributed by atoms with van der Waals surface area (Å²) in [6.07, 6.45) is 2.01. The first-order chi connectivity index (χ1) is 6.86. The molecule has 1 rings (SSSR count). The molecule has 0 aromatic carbocycles. The van der Waals surface area contributed by atoms with Crippen LogP contribution in [0.1, 0.15) is 32.0 Å². The molecule has 84 valence electrons. The van der Waals surface area contributed by atoms with Crippen molar-refractivity contribution < 1.29 is 4.39 Å². The summed E-state index contributed by atoms with van der Waals surface area (Å²) in [6.45, 7) is 6.26. The van der Waals surface area contributed by atoms with Crippen LogP contribution in [0, 0.1) is 5.82 Å². The maximum atomic E-state index is 13.4. The van der Waals surface area contributed by atoms with Crippen molar-refractivity contribution in [2.24, 2.45) is 0 Å². The minimum Gasteiger partial charge on any atom is -0.242 e. The molecule has 0 aliphatic carbocycles. The number of thioether (sulfide) groups is 1. The first-order valence-corrected chi connectivity index (χ1v) is 6.89. The Kier molecular flexibility index (Phi) is 4.18. The molecular weight excluding hydrogens is 277 g/mol. The fourth-order valence-corrected chi connectivity index (χ4v) is 2.24. The smallest absolute Gasteiger partial charge is 0.156 e. The number of nitrogens with zero attached hydrogens (tertiary/aromatic N) is 1. The minimum absolute atomic E-state index is 0.0543. The Morgan fingerprint density at radius 2 is 2.07 bits per heavy atom. The second-order valence-corrected chi connectivity index (χ2v) is 6.07. The molecule has 0 radical (unpaired) electrons. The van der Waals surface area contributed by atoms with Crippen LogP contribution in [0.5, 0.6) is 0 Å². The fourth-order valence-electron chi connectivity index (χ4n) is 1.42. The van der Waals surface area contributed by atoms with Crippen molar-refractivity contribution in [3.8, 4) is 0 Å². The molecule has 4 heteroatoms. The van der Waals surface area contributed by atoms with Gasteiger partial charge in [0.1, 0.15) is 4.60 Å². The lowest BCUT2D eigenvalue weighted by Gasteiger charge is -2.21. The van der Waals surface area contributed by atoms with E-state index >= 15 is 0 Å². The van der Waals surface area contributed by atoms with Crippen molar-refractivity contribution in [3.63, 3.8) is 0 Å². The third-order valence-corrected chi connectivity index (χ3v) is 3.18. The monoisotopic (exact) mass is 291 g/mol. The van der Waals surface area contributed by atoms with E-state index in [1.54, 1.807) is 17.8 Å². The van der Waals surface area contributed by atoms with E-state index in [2.05, 4.69) is 41.7 Å². The summed E-state index contributed by atoms with van der Waals surface area (Å²) in [5.74, 6) is 0.510. The molecule has 0 aliphatic heterocycles. The second kappa shape index (κ2) is 4.83. The van der Waals surface area contributed by atoms with Crippen molar-refractivity contribution in [2.45, 2.75) is 31.9 Å². The predicted molar refractivity (Wildman–Crippen MR) is 67.8 cm³/mol. The first kappa shape index (κ1) is 13.0. The molecule has 0 atom stereocenters. The van der Waals surface area contributed by atoms with Crippen LogP contribution in [0.15, 0.2) is 10.7 Å². The zero-order chi connectivity index (χ0) is 11.6. The van der Waals surface area contributed by atoms with Gasteiger partial charge < -0.3 is 0 Å². The Labute approximate surface area is 103 Å². The van der Waals surface area contributed by atoms with E-state index in [0.29, 0.717) is 4.60 Å². The van der Waals surface area contributed by atoms with Gasteiger partial charge >= 0.3 is 0 Å². The van der Waals surface area contributed by atoms with Crippen LogP contribution in [0.2, 0.25) is 0 Å². The van der Waals surface area contributed by atoms with Crippen LogP contribution >= 0.6 is 27.7 Å². The van der Waals surface area contributed by atoms with Crippen LogP contribution in [0.4, 0.5) is 4.39 Å². The highest BCUT2D eigenvalue weighted by Gasteiger charge is 2.21. The number of hydrogen-bond acceptors (Lipinski definition) is 2. The largest absolute Gasteiger partial charge is 0.242 e. The SMILES string of the molecule is CSCc1cc(F)c(Br)nc1C(C)(C)C. The van der Waals surface area contributed by atoms with Gasteiger partial charge in [0.2, 0.25) is 0 Å². The number of halogens is 2. The molecular formula is C11H15BrFNS. The Hall–Kier alpha value is -0.0900. The average molecular weight is 292 g/mol. The van der Waals surface area contributed by atoms with E-state index < -0.39 is 0 Å². The van der Waals surface area contributed by atoms with E-state index in [0.717, 1.165) is 17.0 Å². The summed E-state index contributed by atoms with van der Waals surface area (Å²) in [6, 6.07) is 1.58. The van der Waals surface area contributed by atoms with E-state index in [4.69, 9.17) is 0 Å². The van der Waals surface area contributed by atoms with Gasteiger partial charge in [-0.3, -0.25) is 0 Å². The van der Waals surface area contributed by atoms with Gasteiger partial charge in [0.25, 0.3) is 0 Å². The highest BCUT2D eigenvalue weighted by molar-refractivity contribution is 9.10. The average Bonchev–Trinajstić information content (AvgIpc) is 2.09. The maximum Gasteiger partial charge on any atom is 0.156 e. The van der Waals surface area contributed by atoms with Crippen molar-refractivity contribution in [1.29, 1.82) is 0 Å². The van der Waals surface area contributed by atoms with Crippen molar-refractivity contribution in [3.05, 3.63) is 27.7 Å².